The van der Waals surface area contributed by atoms with Gasteiger partial charge in [0.25, 0.3) is 0 Å². The van der Waals surface area contributed by atoms with Gasteiger partial charge in [-0.25, -0.2) is 8.93 Å². The Balaban J connectivity index is 3.80. The summed E-state index contributed by atoms with van der Waals surface area (Å²) in [4.78, 5) is 10.5. The van der Waals surface area contributed by atoms with Crippen LogP contribution in [0.5, 0.6) is 0 Å². The van der Waals surface area contributed by atoms with E-state index in [2.05, 4.69) is 4.72 Å². The summed E-state index contributed by atoms with van der Waals surface area (Å²) in [6, 6.07) is 0. The van der Waals surface area contributed by atoms with E-state index in [1.54, 1.807) is 0 Å². The van der Waals surface area contributed by atoms with Gasteiger partial charge in [-0.15, -0.1) is 0 Å². The molecule has 0 bridgehead atoms. The maximum absolute atomic E-state index is 11.2. The SMILES string of the molecule is CC(=O)CN[S@](=O)C(C)(C)C. The summed E-state index contributed by atoms with van der Waals surface area (Å²) in [7, 11) is -1.13. The van der Waals surface area contributed by atoms with Crippen LogP contribution in [0.4, 0.5) is 0 Å². The molecule has 3 nitrogen and oxygen atoms in total. The van der Waals surface area contributed by atoms with E-state index in [9.17, 15) is 9.00 Å². The van der Waals surface area contributed by atoms with Crippen molar-refractivity contribution in [3.05, 3.63) is 0 Å². The second kappa shape index (κ2) is 3.97. The lowest BCUT2D eigenvalue weighted by atomic mass is 10.3. The molecule has 0 aromatic heterocycles. The third-order valence-corrected chi connectivity index (χ3v) is 2.53. The second-order valence-corrected chi connectivity index (χ2v) is 5.46. The first kappa shape index (κ1) is 10.8. The molecule has 0 heterocycles. The fourth-order valence-corrected chi connectivity index (χ4v) is 1.15. The van der Waals surface area contributed by atoms with Crippen molar-refractivity contribution < 1.29 is 9.00 Å². The van der Waals surface area contributed by atoms with E-state index < -0.39 is 11.0 Å². The lowest BCUT2D eigenvalue weighted by Crippen LogP contribution is -2.35. The summed E-state index contributed by atoms with van der Waals surface area (Å²) >= 11 is 0. The highest BCUT2D eigenvalue weighted by Crippen LogP contribution is 2.07. The number of nitrogens with one attached hydrogen (secondary N) is 1. The van der Waals surface area contributed by atoms with Crippen LogP contribution >= 0.6 is 0 Å². The van der Waals surface area contributed by atoms with Gasteiger partial charge in [0.2, 0.25) is 0 Å². The molecule has 11 heavy (non-hydrogen) atoms. The summed E-state index contributed by atoms with van der Waals surface area (Å²) in [6.07, 6.45) is 0. The molecule has 66 valence electrons. The molecule has 4 heteroatoms. The summed E-state index contributed by atoms with van der Waals surface area (Å²) in [5, 5.41) is 0. The standard InChI is InChI=1S/C7H15NO2S/c1-6(9)5-8-11(10)7(2,3)4/h8H,5H2,1-4H3/t11-/m1/s1. The van der Waals surface area contributed by atoms with Gasteiger partial charge in [0.15, 0.2) is 0 Å². The lowest BCUT2D eigenvalue weighted by molar-refractivity contribution is -0.115. The summed E-state index contributed by atoms with van der Waals surface area (Å²) < 4.78 is 13.6. The molecule has 0 aliphatic heterocycles. The lowest BCUT2D eigenvalue weighted by Gasteiger charge is -2.17. The van der Waals surface area contributed by atoms with E-state index >= 15 is 0 Å². The smallest absolute Gasteiger partial charge is 0.144 e. The second-order valence-electron chi connectivity index (χ2n) is 3.40. The zero-order valence-electron chi connectivity index (χ0n) is 7.43. The molecular formula is C7H15NO2S. The van der Waals surface area contributed by atoms with E-state index in [-0.39, 0.29) is 17.1 Å². The molecule has 0 unspecified atom stereocenters. The van der Waals surface area contributed by atoms with Crippen molar-refractivity contribution >= 4 is 16.8 Å². The Morgan fingerprint density at radius 1 is 1.45 bits per heavy atom. The number of hydrogen-bond acceptors (Lipinski definition) is 2. The number of ketones is 1. The van der Waals surface area contributed by atoms with Crippen molar-refractivity contribution in [2.45, 2.75) is 32.4 Å². The third kappa shape index (κ3) is 5.09. The number of rotatable bonds is 3. The highest BCUT2D eigenvalue weighted by atomic mass is 32.2. The highest BCUT2D eigenvalue weighted by Gasteiger charge is 2.18. The van der Waals surface area contributed by atoms with Crippen LogP contribution in [0.1, 0.15) is 27.7 Å². The van der Waals surface area contributed by atoms with Gasteiger partial charge >= 0.3 is 0 Å². The van der Waals surface area contributed by atoms with Crippen molar-refractivity contribution in [2.24, 2.45) is 0 Å². The molecule has 0 aliphatic rings. The summed E-state index contributed by atoms with van der Waals surface area (Å²) in [6.45, 7) is 7.22. The monoisotopic (exact) mass is 177 g/mol. The number of carbonyl (C=O) groups excluding carboxylic acids is 1. The minimum Gasteiger partial charge on any atom is -0.299 e. The van der Waals surface area contributed by atoms with Gasteiger partial charge in [0.05, 0.1) is 22.3 Å². The van der Waals surface area contributed by atoms with Gasteiger partial charge in [0.1, 0.15) is 5.78 Å². The fraction of sp³-hybridized carbons (Fsp3) is 0.857. The van der Waals surface area contributed by atoms with Gasteiger partial charge < -0.3 is 0 Å². The first-order valence-corrected chi connectivity index (χ1v) is 4.64. The molecule has 0 aromatic rings. The Morgan fingerprint density at radius 3 is 2.18 bits per heavy atom. The van der Waals surface area contributed by atoms with Crippen LogP contribution in [-0.4, -0.2) is 21.3 Å². The Hall–Kier alpha value is -0.220. The molecule has 0 saturated heterocycles. The molecule has 1 N–H and O–H groups in total. The number of Topliss-reactive ketones (excluding diaryl/α,β-unsaturated/α-hetero) is 1. The minimum atomic E-state index is -1.13. The molecule has 0 radical (unpaired) electrons. The minimum absolute atomic E-state index is 0.00241. The molecule has 0 aliphatic carbocycles. The Bertz CT molecular complexity index is 172. The maximum atomic E-state index is 11.2. The summed E-state index contributed by atoms with van der Waals surface area (Å²) in [5.41, 5.74) is 0. The number of hydrogen-bond donors (Lipinski definition) is 1. The van der Waals surface area contributed by atoms with Gasteiger partial charge in [0, 0.05) is 0 Å². The normalized spacial score (nSPS) is 14.5. The van der Waals surface area contributed by atoms with Crippen molar-refractivity contribution in [2.75, 3.05) is 6.54 Å². The molecule has 1 atom stereocenters. The first-order chi connectivity index (χ1) is 4.84. The molecule has 0 amide bonds. The van der Waals surface area contributed by atoms with Crippen LogP contribution in [0.2, 0.25) is 0 Å². The molecule has 0 spiro atoms. The van der Waals surface area contributed by atoms with Crippen LogP contribution in [0.15, 0.2) is 0 Å². The Labute approximate surface area is 70.1 Å². The van der Waals surface area contributed by atoms with Crippen molar-refractivity contribution in [1.82, 2.24) is 4.72 Å². The predicted molar refractivity (Wildman–Crippen MR) is 46.6 cm³/mol. The van der Waals surface area contributed by atoms with E-state index in [1.807, 2.05) is 20.8 Å². The molecule has 0 saturated carbocycles. The molecule has 0 fully saturated rings. The molecule has 0 rings (SSSR count). The highest BCUT2D eigenvalue weighted by molar-refractivity contribution is 7.84. The zero-order chi connectivity index (χ0) is 9.07. The van der Waals surface area contributed by atoms with Gasteiger partial charge in [-0.3, -0.25) is 4.79 Å². The largest absolute Gasteiger partial charge is 0.299 e. The van der Waals surface area contributed by atoms with Crippen molar-refractivity contribution in [3.63, 3.8) is 0 Å². The van der Waals surface area contributed by atoms with Crippen LogP contribution in [0.25, 0.3) is 0 Å². The number of carbonyl (C=O) groups is 1. The topological polar surface area (TPSA) is 46.2 Å². The average Bonchev–Trinajstić information content (AvgIpc) is 1.80. The van der Waals surface area contributed by atoms with E-state index in [4.69, 9.17) is 0 Å². The predicted octanol–water partition coefficient (Wildman–Crippen LogP) is 0.627. The van der Waals surface area contributed by atoms with Crippen LogP contribution in [0.3, 0.4) is 0 Å². The van der Waals surface area contributed by atoms with E-state index in [0.29, 0.717) is 0 Å². The molecular weight excluding hydrogens is 162 g/mol. The van der Waals surface area contributed by atoms with Gasteiger partial charge in [-0.2, -0.15) is 0 Å². The van der Waals surface area contributed by atoms with Crippen LogP contribution < -0.4 is 4.72 Å². The van der Waals surface area contributed by atoms with E-state index in [1.165, 1.54) is 6.92 Å². The first-order valence-electron chi connectivity index (χ1n) is 3.49. The van der Waals surface area contributed by atoms with Crippen LogP contribution in [-0.2, 0) is 15.8 Å². The average molecular weight is 177 g/mol. The zero-order valence-corrected chi connectivity index (χ0v) is 8.25. The summed E-state index contributed by atoms with van der Waals surface area (Å²) in [5.74, 6) is 0.00241. The van der Waals surface area contributed by atoms with Gasteiger partial charge in [-0.05, 0) is 27.7 Å². The third-order valence-electron chi connectivity index (χ3n) is 1.01. The molecule has 0 aromatic carbocycles. The quantitative estimate of drug-likeness (QED) is 0.687. The van der Waals surface area contributed by atoms with E-state index in [0.717, 1.165) is 0 Å². The van der Waals surface area contributed by atoms with Crippen LogP contribution in [0, 0.1) is 0 Å². The fourth-order valence-electron chi connectivity index (χ4n) is 0.384. The Kier molecular flexibility index (Phi) is 3.89. The van der Waals surface area contributed by atoms with Gasteiger partial charge in [-0.1, -0.05) is 0 Å². The Morgan fingerprint density at radius 2 is 1.91 bits per heavy atom. The van der Waals surface area contributed by atoms with Crippen molar-refractivity contribution in [1.29, 1.82) is 0 Å². The maximum Gasteiger partial charge on any atom is 0.144 e. The van der Waals surface area contributed by atoms with Crippen molar-refractivity contribution in [3.8, 4) is 0 Å².